The zero-order valence-corrected chi connectivity index (χ0v) is 9.13. The van der Waals surface area contributed by atoms with Crippen LogP contribution in [0.3, 0.4) is 0 Å². The summed E-state index contributed by atoms with van der Waals surface area (Å²) in [6.45, 7) is 4.66. The number of hydrogen-bond acceptors (Lipinski definition) is 2. The lowest BCUT2D eigenvalue weighted by molar-refractivity contribution is -0.145. The highest BCUT2D eigenvalue weighted by molar-refractivity contribution is 9.09. The van der Waals surface area contributed by atoms with Crippen molar-refractivity contribution in [1.82, 2.24) is 0 Å². The molecule has 3 heteroatoms. The third-order valence-corrected chi connectivity index (χ3v) is 3.17. The molecule has 1 saturated carbocycles. The fourth-order valence-corrected chi connectivity index (χ4v) is 1.18. The summed E-state index contributed by atoms with van der Waals surface area (Å²) >= 11 is 3.41. The smallest absolute Gasteiger partial charge is 0.309 e. The summed E-state index contributed by atoms with van der Waals surface area (Å²) in [4.78, 5) is 11.5. The van der Waals surface area contributed by atoms with Crippen LogP contribution in [0.1, 0.15) is 26.7 Å². The van der Waals surface area contributed by atoms with E-state index < -0.39 is 0 Å². The molecule has 3 unspecified atom stereocenters. The normalized spacial score (nSPS) is 29.6. The van der Waals surface area contributed by atoms with E-state index in [1.54, 1.807) is 0 Å². The van der Waals surface area contributed by atoms with E-state index in [1.807, 2.05) is 0 Å². The maximum Gasteiger partial charge on any atom is 0.309 e. The Labute approximate surface area is 81.8 Å². The quantitative estimate of drug-likeness (QED) is 0.552. The third-order valence-electron chi connectivity index (χ3n) is 2.26. The Morgan fingerprint density at radius 1 is 1.75 bits per heavy atom. The zero-order chi connectivity index (χ0) is 9.14. The molecule has 1 aliphatic carbocycles. The van der Waals surface area contributed by atoms with E-state index in [4.69, 9.17) is 4.74 Å². The molecule has 1 rings (SSSR count). The van der Waals surface area contributed by atoms with Gasteiger partial charge in [0.15, 0.2) is 0 Å². The van der Waals surface area contributed by atoms with E-state index in [0.717, 1.165) is 12.8 Å². The molecule has 0 aliphatic heterocycles. The lowest BCUT2D eigenvalue weighted by Gasteiger charge is -2.07. The minimum Gasteiger partial charge on any atom is -0.464 e. The van der Waals surface area contributed by atoms with Gasteiger partial charge in [0.1, 0.15) is 6.61 Å². The molecule has 0 amide bonds. The number of ether oxygens (including phenoxy) is 1. The standard InChI is InChI=1S/C9H15BrO2/c1-3-7(10)5-12-9(11)8-4-6(8)2/h6-8H,3-5H2,1-2H3. The molecule has 0 aromatic carbocycles. The van der Waals surface area contributed by atoms with Crippen molar-refractivity contribution in [3.8, 4) is 0 Å². The average Bonchev–Trinajstić information content (AvgIpc) is 2.77. The highest BCUT2D eigenvalue weighted by Gasteiger charge is 2.40. The van der Waals surface area contributed by atoms with Crippen molar-refractivity contribution in [2.45, 2.75) is 31.5 Å². The van der Waals surface area contributed by atoms with Gasteiger partial charge in [0, 0.05) is 4.83 Å². The predicted octanol–water partition coefficient (Wildman–Crippen LogP) is 2.36. The van der Waals surface area contributed by atoms with Crippen LogP contribution in [0.2, 0.25) is 0 Å². The number of hydrogen-bond donors (Lipinski definition) is 0. The second-order valence-corrected chi connectivity index (χ2v) is 4.75. The molecule has 0 spiro atoms. The van der Waals surface area contributed by atoms with Crippen LogP contribution < -0.4 is 0 Å². The highest BCUT2D eigenvalue weighted by atomic mass is 79.9. The second kappa shape index (κ2) is 4.26. The molecule has 0 aromatic heterocycles. The Hall–Kier alpha value is -0.0500. The maximum absolute atomic E-state index is 11.2. The fourth-order valence-electron chi connectivity index (χ4n) is 1.05. The highest BCUT2D eigenvalue weighted by Crippen LogP contribution is 2.38. The van der Waals surface area contributed by atoms with Gasteiger partial charge in [-0.25, -0.2) is 0 Å². The molecular weight excluding hydrogens is 220 g/mol. The molecule has 2 nitrogen and oxygen atoms in total. The number of carbonyl (C=O) groups is 1. The molecule has 0 heterocycles. The van der Waals surface area contributed by atoms with Gasteiger partial charge in [0.25, 0.3) is 0 Å². The van der Waals surface area contributed by atoms with Crippen molar-refractivity contribution in [2.75, 3.05) is 6.61 Å². The van der Waals surface area contributed by atoms with E-state index in [9.17, 15) is 4.79 Å². The van der Waals surface area contributed by atoms with Gasteiger partial charge < -0.3 is 4.74 Å². The lowest BCUT2D eigenvalue weighted by atomic mass is 10.3. The number of alkyl halides is 1. The van der Waals surface area contributed by atoms with Crippen LogP contribution >= 0.6 is 15.9 Å². The molecule has 0 radical (unpaired) electrons. The Morgan fingerprint density at radius 2 is 2.33 bits per heavy atom. The first-order chi connectivity index (χ1) is 5.65. The third kappa shape index (κ3) is 2.77. The SMILES string of the molecule is CCC(Br)COC(=O)C1CC1C. The van der Waals surface area contributed by atoms with E-state index in [-0.39, 0.29) is 11.9 Å². The average molecular weight is 235 g/mol. The summed E-state index contributed by atoms with van der Waals surface area (Å²) in [7, 11) is 0. The van der Waals surface area contributed by atoms with Crippen LogP contribution in [0, 0.1) is 11.8 Å². The van der Waals surface area contributed by atoms with Crippen LogP contribution in [-0.2, 0) is 9.53 Å². The van der Waals surface area contributed by atoms with Crippen LogP contribution in [0.25, 0.3) is 0 Å². The Morgan fingerprint density at radius 3 is 2.75 bits per heavy atom. The molecule has 0 aromatic rings. The predicted molar refractivity (Wildman–Crippen MR) is 51.2 cm³/mol. The molecule has 0 bridgehead atoms. The van der Waals surface area contributed by atoms with Gasteiger partial charge in [-0.2, -0.15) is 0 Å². The van der Waals surface area contributed by atoms with Gasteiger partial charge in [-0.3, -0.25) is 4.79 Å². The van der Waals surface area contributed by atoms with Crippen LogP contribution in [0.5, 0.6) is 0 Å². The molecule has 0 saturated heterocycles. The Balaban J connectivity index is 2.11. The maximum atomic E-state index is 11.2. The van der Waals surface area contributed by atoms with Crippen LogP contribution in [-0.4, -0.2) is 17.4 Å². The largest absolute Gasteiger partial charge is 0.464 e. The monoisotopic (exact) mass is 234 g/mol. The van der Waals surface area contributed by atoms with Crippen molar-refractivity contribution in [3.05, 3.63) is 0 Å². The first-order valence-corrected chi connectivity index (χ1v) is 5.37. The van der Waals surface area contributed by atoms with Crippen molar-refractivity contribution in [1.29, 1.82) is 0 Å². The van der Waals surface area contributed by atoms with Gasteiger partial charge >= 0.3 is 5.97 Å². The Kier molecular flexibility index (Phi) is 3.56. The summed E-state index contributed by atoms with van der Waals surface area (Å²) in [6, 6.07) is 0. The van der Waals surface area contributed by atoms with E-state index in [2.05, 4.69) is 29.8 Å². The van der Waals surface area contributed by atoms with Gasteiger partial charge in [-0.1, -0.05) is 29.8 Å². The van der Waals surface area contributed by atoms with E-state index in [1.165, 1.54) is 0 Å². The minimum atomic E-state index is -0.0135. The summed E-state index contributed by atoms with van der Waals surface area (Å²) < 4.78 is 5.10. The minimum absolute atomic E-state index is 0.0135. The molecule has 1 aliphatic rings. The molecule has 0 N–H and O–H groups in total. The molecule has 3 atom stereocenters. The van der Waals surface area contributed by atoms with Crippen molar-refractivity contribution in [3.63, 3.8) is 0 Å². The van der Waals surface area contributed by atoms with Crippen LogP contribution in [0.15, 0.2) is 0 Å². The first kappa shape index (κ1) is 10.0. The van der Waals surface area contributed by atoms with Crippen molar-refractivity contribution < 1.29 is 9.53 Å². The topological polar surface area (TPSA) is 26.3 Å². The number of esters is 1. The van der Waals surface area contributed by atoms with Crippen LogP contribution in [0.4, 0.5) is 0 Å². The van der Waals surface area contributed by atoms with Crippen molar-refractivity contribution >= 4 is 21.9 Å². The molecule has 12 heavy (non-hydrogen) atoms. The summed E-state index contributed by atoms with van der Waals surface area (Å²) in [5, 5.41) is 0. The van der Waals surface area contributed by atoms with Crippen molar-refractivity contribution in [2.24, 2.45) is 11.8 Å². The number of carbonyl (C=O) groups excluding carboxylic acids is 1. The summed E-state index contributed by atoms with van der Waals surface area (Å²) in [6.07, 6.45) is 2.01. The fraction of sp³-hybridized carbons (Fsp3) is 0.889. The van der Waals surface area contributed by atoms with E-state index >= 15 is 0 Å². The number of rotatable bonds is 4. The number of halogens is 1. The summed E-state index contributed by atoms with van der Waals surface area (Å²) in [5.41, 5.74) is 0. The second-order valence-electron chi connectivity index (χ2n) is 3.46. The van der Waals surface area contributed by atoms with Gasteiger partial charge in [0.2, 0.25) is 0 Å². The van der Waals surface area contributed by atoms with Gasteiger partial charge in [-0.05, 0) is 18.8 Å². The first-order valence-electron chi connectivity index (χ1n) is 4.45. The van der Waals surface area contributed by atoms with Gasteiger partial charge in [0.05, 0.1) is 5.92 Å². The lowest BCUT2D eigenvalue weighted by Crippen LogP contribution is -2.14. The molecule has 1 fully saturated rings. The van der Waals surface area contributed by atoms with E-state index in [0.29, 0.717) is 17.4 Å². The zero-order valence-electron chi connectivity index (χ0n) is 7.55. The Bertz CT molecular complexity index is 170. The molecular formula is C9H15BrO2. The molecule has 70 valence electrons. The van der Waals surface area contributed by atoms with Gasteiger partial charge in [-0.15, -0.1) is 0 Å². The summed E-state index contributed by atoms with van der Waals surface area (Å²) in [5.74, 6) is 0.731.